The summed E-state index contributed by atoms with van der Waals surface area (Å²) in [7, 11) is 0. The Labute approximate surface area is 111 Å². The molecule has 7 nitrogen and oxygen atoms in total. The quantitative estimate of drug-likeness (QED) is 0.623. The second kappa shape index (κ2) is 4.64. The number of aromatic nitrogens is 2. The molecule has 0 bridgehead atoms. The molecule has 0 unspecified atom stereocenters. The molecule has 1 aromatic rings. The molecule has 0 spiro atoms. The zero-order chi connectivity index (χ0) is 14.2. The van der Waals surface area contributed by atoms with Gasteiger partial charge in [0.2, 0.25) is 11.8 Å². The van der Waals surface area contributed by atoms with Gasteiger partial charge in [-0.25, -0.2) is 4.98 Å². The molecule has 7 heteroatoms. The standard InChI is InChI=1S/C12H19N5O2/c1-7(2)12(4-5-12)6-14-10-9(17(18)19)8(3)15-11(13)16-10/h7H,4-6H2,1-3H3,(H3,13,14,15,16). The Hall–Kier alpha value is -1.92. The number of rotatable bonds is 5. The van der Waals surface area contributed by atoms with Gasteiger partial charge in [-0.2, -0.15) is 4.98 Å². The first kappa shape index (κ1) is 13.5. The number of anilines is 2. The van der Waals surface area contributed by atoms with Gasteiger partial charge in [0.25, 0.3) is 0 Å². The molecule has 1 heterocycles. The molecular formula is C12H19N5O2. The average molecular weight is 265 g/mol. The Bertz CT molecular complexity index is 511. The van der Waals surface area contributed by atoms with E-state index in [1.54, 1.807) is 6.92 Å². The minimum atomic E-state index is -0.466. The smallest absolute Gasteiger partial charge is 0.332 e. The number of nitrogens with two attached hydrogens (primary N) is 1. The third-order valence-corrected chi connectivity index (χ3v) is 3.98. The van der Waals surface area contributed by atoms with Crippen molar-refractivity contribution in [2.45, 2.75) is 33.6 Å². The fourth-order valence-corrected chi connectivity index (χ4v) is 2.31. The topological polar surface area (TPSA) is 107 Å². The molecule has 1 saturated carbocycles. The van der Waals surface area contributed by atoms with Crippen molar-refractivity contribution in [1.29, 1.82) is 0 Å². The van der Waals surface area contributed by atoms with Crippen LogP contribution in [0.15, 0.2) is 0 Å². The second-order valence-electron chi connectivity index (χ2n) is 5.49. The van der Waals surface area contributed by atoms with Crippen molar-refractivity contribution in [2.24, 2.45) is 11.3 Å². The minimum absolute atomic E-state index is 0.0555. The van der Waals surface area contributed by atoms with Crippen molar-refractivity contribution in [3.05, 3.63) is 15.8 Å². The summed E-state index contributed by atoms with van der Waals surface area (Å²) in [5.74, 6) is 0.821. The first-order chi connectivity index (χ1) is 8.85. The molecule has 0 amide bonds. The first-order valence-electron chi connectivity index (χ1n) is 6.38. The number of hydrogen-bond acceptors (Lipinski definition) is 6. The summed E-state index contributed by atoms with van der Waals surface area (Å²) in [5.41, 5.74) is 5.99. The lowest BCUT2D eigenvalue weighted by Crippen LogP contribution is -2.22. The number of aryl methyl sites for hydroxylation is 1. The Morgan fingerprint density at radius 2 is 2.11 bits per heavy atom. The Kier molecular flexibility index (Phi) is 3.30. The van der Waals surface area contributed by atoms with Crippen LogP contribution in [-0.2, 0) is 0 Å². The predicted molar refractivity (Wildman–Crippen MR) is 72.8 cm³/mol. The van der Waals surface area contributed by atoms with Crippen LogP contribution >= 0.6 is 0 Å². The molecule has 1 fully saturated rings. The van der Waals surface area contributed by atoms with E-state index in [2.05, 4.69) is 29.1 Å². The monoisotopic (exact) mass is 265 g/mol. The third-order valence-electron chi connectivity index (χ3n) is 3.98. The van der Waals surface area contributed by atoms with E-state index < -0.39 is 4.92 Å². The minimum Gasteiger partial charge on any atom is -0.368 e. The van der Waals surface area contributed by atoms with Gasteiger partial charge in [0.1, 0.15) is 5.69 Å². The highest BCUT2D eigenvalue weighted by atomic mass is 16.6. The summed E-state index contributed by atoms with van der Waals surface area (Å²) in [4.78, 5) is 18.4. The summed E-state index contributed by atoms with van der Waals surface area (Å²) in [6, 6.07) is 0. The fraction of sp³-hybridized carbons (Fsp3) is 0.667. The van der Waals surface area contributed by atoms with E-state index >= 15 is 0 Å². The van der Waals surface area contributed by atoms with Gasteiger partial charge in [-0.1, -0.05) is 13.8 Å². The second-order valence-corrected chi connectivity index (χ2v) is 5.49. The van der Waals surface area contributed by atoms with E-state index in [1.165, 1.54) is 0 Å². The van der Waals surface area contributed by atoms with Gasteiger partial charge in [-0.3, -0.25) is 10.1 Å². The zero-order valence-corrected chi connectivity index (χ0v) is 11.4. The van der Waals surface area contributed by atoms with Gasteiger partial charge in [-0.05, 0) is 31.1 Å². The van der Waals surface area contributed by atoms with Gasteiger partial charge in [-0.15, -0.1) is 0 Å². The molecular weight excluding hydrogens is 246 g/mol. The lowest BCUT2D eigenvalue weighted by Gasteiger charge is -2.20. The van der Waals surface area contributed by atoms with Gasteiger partial charge in [0.05, 0.1) is 4.92 Å². The van der Waals surface area contributed by atoms with Crippen LogP contribution in [0, 0.1) is 28.4 Å². The lowest BCUT2D eigenvalue weighted by atomic mass is 9.92. The van der Waals surface area contributed by atoms with Crippen LogP contribution in [0.1, 0.15) is 32.4 Å². The van der Waals surface area contributed by atoms with Crippen molar-refractivity contribution in [1.82, 2.24) is 9.97 Å². The molecule has 0 aliphatic heterocycles. The molecule has 0 atom stereocenters. The van der Waals surface area contributed by atoms with Crippen LogP contribution in [0.4, 0.5) is 17.5 Å². The summed E-state index contributed by atoms with van der Waals surface area (Å²) in [5, 5.41) is 14.2. The largest absolute Gasteiger partial charge is 0.368 e. The van der Waals surface area contributed by atoms with E-state index in [0.29, 0.717) is 12.5 Å². The maximum atomic E-state index is 11.1. The number of nitro groups is 1. The summed E-state index contributed by atoms with van der Waals surface area (Å²) in [6.45, 7) is 6.59. The number of nitrogens with one attached hydrogen (secondary N) is 1. The van der Waals surface area contributed by atoms with Crippen molar-refractivity contribution >= 4 is 17.5 Å². The van der Waals surface area contributed by atoms with E-state index in [-0.39, 0.29) is 28.6 Å². The SMILES string of the molecule is Cc1nc(N)nc(NCC2(C(C)C)CC2)c1[N+](=O)[O-]. The van der Waals surface area contributed by atoms with Gasteiger partial charge in [0.15, 0.2) is 0 Å². The fourth-order valence-electron chi connectivity index (χ4n) is 2.31. The highest BCUT2D eigenvalue weighted by molar-refractivity contribution is 5.60. The molecule has 1 aromatic heterocycles. The van der Waals surface area contributed by atoms with Crippen molar-refractivity contribution in [3.8, 4) is 0 Å². The molecule has 1 aliphatic carbocycles. The molecule has 2 rings (SSSR count). The van der Waals surface area contributed by atoms with E-state index in [4.69, 9.17) is 5.73 Å². The van der Waals surface area contributed by atoms with Crippen LogP contribution < -0.4 is 11.1 Å². The Morgan fingerprint density at radius 3 is 2.58 bits per heavy atom. The normalized spacial score (nSPS) is 16.4. The van der Waals surface area contributed by atoms with Gasteiger partial charge in [0, 0.05) is 6.54 Å². The maximum absolute atomic E-state index is 11.1. The number of hydrogen-bond donors (Lipinski definition) is 2. The highest BCUT2D eigenvalue weighted by Gasteiger charge is 2.45. The molecule has 0 saturated heterocycles. The predicted octanol–water partition coefficient (Wildman–Crippen LogP) is 2.12. The van der Waals surface area contributed by atoms with Gasteiger partial charge >= 0.3 is 5.69 Å². The van der Waals surface area contributed by atoms with Crippen molar-refractivity contribution < 1.29 is 4.92 Å². The summed E-state index contributed by atoms with van der Waals surface area (Å²) >= 11 is 0. The third kappa shape index (κ3) is 2.59. The van der Waals surface area contributed by atoms with Crippen LogP contribution in [0.3, 0.4) is 0 Å². The number of nitrogen functional groups attached to an aromatic ring is 1. The summed E-state index contributed by atoms with van der Waals surface area (Å²) in [6.07, 6.45) is 2.29. The van der Waals surface area contributed by atoms with Crippen LogP contribution in [0.25, 0.3) is 0 Å². The van der Waals surface area contributed by atoms with E-state index in [1.807, 2.05) is 0 Å². The average Bonchev–Trinajstić information content (AvgIpc) is 3.05. The van der Waals surface area contributed by atoms with Crippen molar-refractivity contribution in [3.63, 3.8) is 0 Å². The molecule has 19 heavy (non-hydrogen) atoms. The van der Waals surface area contributed by atoms with Crippen LogP contribution in [0.5, 0.6) is 0 Å². The number of nitrogens with zero attached hydrogens (tertiary/aromatic N) is 3. The first-order valence-corrected chi connectivity index (χ1v) is 6.38. The Balaban J connectivity index is 2.22. The maximum Gasteiger partial charge on any atom is 0.332 e. The molecule has 1 aliphatic rings. The Morgan fingerprint density at radius 1 is 1.47 bits per heavy atom. The van der Waals surface area contributed by atoms with Gasteiger partial charge < -0.3 is 11.1 Å². The molecule has 0 radical (unpaired) electrons. The lowest BCUT2D eigenvalue weighted by molar-refractivity contribution is -0.385. The van der Waals surface area contributed by atoms with Crippen molar-refractivity contribution in [2.75, 3.05) is 17.6 Å². The highest BCUT2D eigenvalue weighted by Crippen LogP contribution is 2.51. The van der Waals surface area contributed by atoms with Crippen LogP contribution in [-0.4, -0.2) is 21.4 Å². The zero-order valence-electron chi connectivity index (χ0n) is 11.4. The van der Waals surface area contributed by atoms with Crippen LogP contribution in [0.2, 0.25) is 0 Å². The summed E-state index contributed by atoms with van der Waals surface area (Å²) < 4.78 is 0. The van der Waals surface area contributed by atoms with E-state index in [9.17, 15) is 10.1 Å². The molecule has 0 aromatic carbocycles. The molecule has 3 N–H and O–H groups in total. The molecule has 104 valence electrons. The van der Waals surface area contributed by atoms with E-state index in [0.717, 1.165) is 12.8 Å².